The predicted molar refractivity (Wildman–Crippen MR) is 82.1 cm³/mol. The molecule has 112 valence electrons. The molecule has 1 fully saturated rings. The zero-order valence-corrected chi connectivity index (χ0v) is 13.6. The molecule has 0 aromatic heterocycles. The molecule has 1 aromatic carbocycles. The SMILES string of the molecule is CCC1COC(C)CN1C(CN)c1ccc(Br)c(F)c1. The van der Waals surface area contributed by atoms with E-state index in [-0.39, 0.29) is 18.0 Å². The van der Waals surface area contributed by atoms with Crippen molar-refractivity contribution < 1.29 is 9.13 Å². The topological polar surface area (TPSA) is 38.5 Å². The highest BCUT2D eigenvalue weighted by atomic mass is 79.9. The van der Waals surface area contributed by atoms with Gasteiger partial charge in [-0.1, -0.05) is 13.0 Å². The first-order valence-electron chi connectivity index (χ1n) is 7.09. The molecule has 1 aliphatic rings. The van der Waals surface area contributed by atoms with Crippen LogP contribution in [0.4, 0.5) is 4.39 Å². The van der Waals surface area contributed by atoms with Gasteiger partial charge >= 0.3 is 0 Å². The van der Waals surface area contributed by atoms with Crippen LogP contribution in [-0.2, 0) is 4.74 Å². The summed E-state index contributed by atoms with van der Waals surface area (Å²) < 4.78 is 20.0. The molecule has 3 atom stereocenters. The van der Waals surface area contributed by atoms with Crippen molar-refractivity contribution in [1.82, 2.24) is 4.90 Å². The quantitative estimate of drug-likeness (QED) is 0.912. The number of rotatable bonds is 4. The second-order valence-electron chi connectivity index (χ2n) is 5.33. The number of benzene rings is 1. The summed E-state index contributed by atoms with van der Waals surface area (Å²) in [6.45, 7) is 6.23. The molecule has 0 aliphatic carbocycles. The van der Waals surface area contributed by atoms with Crippen LogP contribution in [-0.4, -0.2) is 36.7 Å². The smallest absolute Gasteiger partial charge is 0.137 e. The van der Waals surface area contributed by atoms with Gasteiger partial charge in [0.2, 0.25) is 0 Å². The maximum absolute atomic E-state index is 13.8. The zero-order valence-electron chi connectivity index (χ0n) is 12.0. The molecule has 0 radical (unpaired) electrons. The van der Waals surface area contributed by atoms with Gasteiger partial charge < -0.3 is 10.5 Å². The number of halogens is 2. The lowest BCUT2D eigenvalue weighted by molar-refractivity contribution is -0.0719. The van der Waals surface area contributed by atoms with E-state index in [1.54, 1.807) is 12.1 Å². The summed E-state index contributed by atoms with van der Waals surface area (Å²) in [4.78, 5) is 2.36. The van der Waals surface area contributed by atoms with Gasteiger partial charge in [0.25, 0.3) is 0 Å². The Balaban J connectivity index is 2.26. The maximum atomic E-state index is 13.8. The highest BCUT2D eigenvalue weighted by Gasteiger charge is 2.31. The Labute approximate surface area is 128 Å². The predicted octanol–water partition coefficient (Wildman–Crippen LogP) is 3.09. The van der Waals surface area contributed by atoms with Crippen molar-refractivity contribution in [3.63, 3.8) is 0 Å². The van der Waals surface area contributed by atoms with E-state index < -0.39 is 0 Å². The van der Waals surface area contributed by atoms with Crippen molar-refractivity contribution in [2.45, 2.75) is 38.5 Å². The van der Waals surface area contributed by atoms with Gasteiger partial charge in [0, 0.05) is 25.2 Å². The molecule has 1 saturated heterocycles. The monoisotopic (exact) mass is 344 g/mol. The van der Waals surface area contributed by atoms with E-state index >= 15 is 0 Å². The summed E-state index contributed by atoms with van der Waals surface area (Å²) in [5.74, 6) is -0.240. The summed E-state index contributed by atoms with van der Waals surface area (Å²) in [6, 6.07) is 5.64. The minimum absolute atomic E-state index is 0.0360. The van der Waals surface area contributed by atoms with Crippen molar-refractivity contribution in [2.75, 3.05) is 19.7 Å². The number of ether oxygens (including phenoxy) is 1. The van der Waals surface area contributed by atoms with E-state index in [0.29, 0.717) is 23.7 Å². The van der Waals surface area contributed by atoms with Gasteiger partial charge in [-0.05, 0) is 47.0 Å². The first-order valence-corrected chi connectivity index (χ1v) is 7.88. The molecule has 0 saturated carbocycles. The van der Waals surface area contributed by atoms with Crippen LogP contribution in [0.15, 0.2) is 22.7 Å². The van der Waals surface area contributed by atoms with E-state index in [1.807, 2.05) is 6.07 Å². The van der Waals surface area contributed by atoms with Crippen molar-refractivity contribution in [1.29, 1.82) is 0 Å². The number of morpholine rings is 1. The Hall–Kier alpha value is -0.490. The molecule has 5 heteroatoms. The minimum Gasteiger partial charge on any atom is -0.376 e. The van der Waals surface area contributed by atoms with E-state index in [4.69, 9.17) is 10.5 Å². The molecular formula is C15H22BrFN2O. The number of nitrogens with zero attached hydrogens (tertiary/aromatic N) is 1. The fraction of sp³-hybridized carbons (Fsp3) is 0.600. The highest BCUT2D eigenvalue weighted by molar-refractivity contribution is 9.10. The van der Waals surface area contributed by atoms with Gasteiger partial charge in [-0.25, -0.2) is 4.39 Å². The Kier molecular flexibility index (Phi) is 5.55. The molecule has 20 heavy (non-hydrogen) atoms. The number of hydrogen-bond acceptors (Lipinski definition) is 3. The molecule has 2 rings (SSSR count). The van der Waals surface area contributed by atoms with E-state index in [9.17, 15) is 4.39 Å². The molecule has 1 aromatic rings. The summed E-state index contributed by atoms with van der Waals surface area (Å²) in [5.41, 5.74) is 6.90. The minimum atomic E-state index is -0.240. The summed E-state index contributed by atoms with van der Waals surface area (Å²) in [6.07, 6.45) is 1.19. The lowest BCUT2D eigenvalue weighted by Gasteiger charge is -2.43. The van der Waals surface area contributed by atoms with Crippen LogP contribution in [0.1, 0.15) is 31.9 Å². The van der Waals surface area contributed by atoms with Crippen LogP contribution in [0.2, 0.25) is 0 Å². The Morgan fingerprint density at radius 1 is 1.55 bits per heavy atom. The van der Waals surface area contributed by atoms with Crippen molar-refractivity contribution in [3.8, 4) is 0 Å². The molecule has 2 N–H and O–H groups in total. The van der Waals surface area contributed by atoms with Gasteiger partial charge in [0.1, 0.15) is 5.82 Å². The molecule has 1 heterocycles. The van der Waals surface area contributed by atoms with Crippen LogP contribution in [0, 0.1) is 5.82 Å². The third-order valence-electron chi connectivity index (χ3n) is 3.93. The zero-order chi connectivity index (χ0) is 14.7. The van der Waals surface area contributed by atoms with Crippen molar-refractivity contribution in [2.24, 2.45) is 5.73 Å². The molecule has 3 unspecified atom stereocenters. The standard InChI is InChI=1S/C15H22BrFN2O/c1-3-12-9-20-10(2)8-19(12)15(7-18)11-4-5-13(16)14(17)6-11/h4-6,10,12,15H,3,7-9,18H2,1-2H3. The highest BCUT2D eigenvalue weighted by Crippen LogP contribution is 2.29. The van der Waals surface area contributed by atoms with Crippen LogP contribution in [0.5, 0.6) is 0 Å². The van der Waals surface area contributed by atoms with Gasteiger partial charge in [-0.15, -0.1) is 0 Å². The molecule has 3 nitrogen and oxygen atoms in total. The molecule has 1 aliphatic heterocycles. The molecule has 0 amide bonds. The molecular weight excluding hydrogens is 323 g/mol. The lowest BCUT2D eigenvalue weighted by Crippen LogP contribution is -2.51. The third kappa shape index (κ3) is 3.39. The average Bonchev–Trinajstić information content (AvgIpc) is 2.44. The first kappa shape index (κ1) is 15.9. The van der Waals surface area contributed by atoms with E-state index in [2.05, 4.69) is 34.7 Å². The largest absolute Gasteiger partial charge is 0.376 e. The van der Waals surface area contributed by atoms with Crippen LogP contribution in [0.25, 0.3) is 0 Å². The molecule has 0 spiro atoms. The Morgan fingerprint density at radius 3 is 2.90 bits per heavy atom. The van der Waals surface area contributed by atoms with E-state index in [1.165, 1.54) is 0 Å². The fourth-order valence-electron chi connectivity index (χ4n) is 2.79. The van der Waals surface area contributed by atoms with Crippen molar-refractivity contribution in [3.05, 3.63) is 34.1 Å². The molecule has 0 bridgehead atoms. The third-order valence-corrected chi connectivity index (χ3v) is 4.58. The van der Waals surface area contributed by atoms with E-state index in [0.717, 1.165) is 18.5 Å². The second kappa shape index (κ2) is 6.98. The lowest BCUT2D eigenvalue weighted by atomic mass is 10.0. The van der Waals surface area contributed by atoms with Crippen LogP contribution in [0.3, 0.4) is 0 Å². The summed E-state index contributed by atoms with van der Waals surface area (Å²) >= 11 is 3.19. The number of nitrogens with two attached hydrogens (primary N) is 1. The Morgan fingerprint density at radius 2 is 2.30 bits per heavy atom. The summed E-state index contributed by atoms with van der Waals surface area (Å²) in [7, 11) is 0. The fourth-order valence-corrected chi connectivity index (χ4v) is 3.03. The van der Waals surface area contributed by atoms with Gasteiger partial charge in [-0.2, -0.15) is 0 Å². The van der Waals surface area contributed by atoms with Crippen LogP contribution < -0.4 is 5.73 Å². The summed E-state index contributed by atoms with van der Waals surface area (Å²) in [5, 5.41) is 0. The number of hydrogen-bond donors (Lipinski definition) is 1. The van der Waals surface area contributed by atoms with Gasteiger partial charge in [0.15, 0.2) is 0 Å². The van der Waals surface area contributed by atoms with Gasteiger partial charge in [0.05, 0.1) is 17.2 Å². The first-order chi connectivity index (χ1) is 9.56. The van der Waals surface area contributed by atoms with Gasteiger partial charge in [-0.3, -0.25) is 4.90 Å². The normalized spacial score (nSPS) is 25.6. The van der Waals surface area contributed by atoms with Crippen molar-refractivity contribution >= 4 is 15.9 Å². The second-order valence-corrected chi connectivity index (χ2v) is 6.18. The van der Waals surface area contributed by atoms with Crippen LogP contribution >= 0.6 is 15.9 Å². The average molecular weight is 345 g/mol. The Bertz CT molecular complexity index is 457. The maximum Gasteiger partial charge on any atom is 0.137 e.